The Balaban J connectivity index is 1.51. The number of aliphatic imine (C=N–C) groups is 1. The molecule has 1 amide bonds. The van der Waals surface area contributed by atoms with E-state index in [4.69, 9.17) is 4.42 Å². The van der Waals surface area contributed by atoms with Crippen LogP contribution in [0.2, 0.25) is 0 Å². The van der Waals surface area contributed by atoms with E-state index in [0.29, 0.717) is 12.5 Å². The van der Waals surface area contributed by atoms with Crippen LogP contribution < -0.4 is 10.6 Å². The van der Waals surface area contributed by atoms with Crippen LogP contribution in [-0.4, -0.2) is 42.4 Å². The van der Waals surface area contributed by atoms with Gasteiger partial charge in [0.05, 0.1) is 19.1 Å². The number of nitrogens with one attached hydrogen (secondary N) is 2. The molecule has 0 bridgehead atoms. The smallest absolute Gasteiger partial charge is 0.225 e. The lowest BCUT2D eigenvalue weighted by molar-refractivity contribution is -0.135. The number of nitrogens with zero attached hydrogens (tertiary/aromatic N) is 2. The van der Waals surface area contributed by atoms with Gasteiger partial charge in [0, 0.05) is 37.2 Å². The summed E-state index contributed by atoms with van der Waals surface area (Å²) in [7, 11) is 0. The largest absolute Gasteiger partial charge is 0.472 e. The van der Waals surface area contributed by atoms with Crippen molar-refractivity contribution in [1.29, 1.82) is 0 Å². The molecule has 0 spiro atoms. The van der Waals surface area contributed by atoms with Gasteiger partial charge in [-0.25, -0.2) is 4.99 Å². The number of guanidine groups is 1. The normalized spacial score (nSPS) is 22.2. The minimum atomic E-state index is 0.260. The van der Waals surface area contributed by atoms with Crippen LogP contribution in [-0.2, 0) is 11.3 Å². The molecule has 1 atom stereocenters. The van der Waals surface area contributed by atoms with E-state index in [-0.39, 0.29) is 12.0 Å². The maximum atomic E-state index is 12.7. The molecule has 2 fully saturated rings. The molecule has 2 heterocycles. The summed E-state index contributed by atoms with van der Waals surface area (Å²) in [5.41, 5.74) is 1.05. The van der Waals surface area contributed by atoms with Crippen LogP contribution in [0.25, 0.3) is 0 Å². The van der Waals surface area contributed by atoms with Crippen molar-refractivity contribution in [2.75, 3.05) is 19.6 Å². The molecule has 2 N–H and O–H groups in total. The third-order valence-electron chi connectivity index (χ3n) is 5.14. The third-order valence-corrected chi connectivity index (χ3v) is 5.14. The van der Waals surface area contributed by atoms with Crippen LogP contribution in [0.5, 0.6) is 0 Å². The van der Waals surface area contributed by atoms with Crippen molar-refractivity contribution in [2.45, 2.75) is 58.0 Å². The van der Waals surface area contributed by atoms with Crippen molar-refractivity contribution in [3.05, 3.63) is 24.2 Å². The van der Waals surface area contributed by atoms with Gasteiger partial charge in [0.25, 0.3) is 0 Å². The highest BCUT2D eigenvalue weighted by atomic mass is 16.3. The first-order valence-corrected chi connectivity index (χ1v) is 9.61. The molecule has 1 aliphatic heterocycles. The van der Waals surface area contributed by atoms with E-state index >= 15 is 0 Å². The van der Waals surface area contributed by atoms with Crippen molar-refractivity contribution < 1.29 is 9.21 Å². The van der Waals surface area contributed by atoms with Crippen molar-refractivity contribution in [3.8, 4) is 0 Å². The zero-order valence-electron chi connectivity index (χ0n) is 15.2. The maximum absolute atomic E-state index is 12.7. The Kier molecular flexibility index (Phi) is 6.36. The molecule has 1 saturated carbocycles. The second-order valence-corrected chi connectivity index (χ2v) is 7.08. The first-order chi connectivity index (χ1) is 12.3. The Hall–Kier alpha value is -1.98. The van der Waals surface area contributed by atoms with E-state index in [9.17, 15) is 4.79 Å². The van der Waals surface area contributed by atoms with Crippen LogP contribution >= 0.6 is 0 Å². The molecule has 6 heteroatoms. The van der Waals surface area contributed by atoms with E-state index in [1.54, 1.807) is 12.5 Å². The number of hydrogen-bond acceptors (Lipinski definition) is 3. The number of likely N-dealkylation sites (tertiary alicyclic amines) is 1. The molecule has 2 aliphatic rings. The van der Waals surface area contributed by atoms with Crippen molar-refractivity contribution >= 4 is 11.9 Å². The van der Waals surface area contributed by atoms with Gasteiger partial charge in [0.15, 0.2) is 5.96 Å². The number of carbonyl (C=O) groups is 1. The van der Waals surface area contributed by atoms with Crippen LogP contribution in [0.15, 0.2) is 28.0 Å². The SMILES string of the molecule is CCNC(=NCc1ccoc1)NC1CCN(C(=O)C2CCCCC2)C1. The van der Waals surface area contributed by atoms with Crippen LogP contribution in [0.4, 0.5) is 0 Å². The molecule has 25 heavy (non-hydrogen) atoms. The molecular formula is C19H30N4O2. The van der Waals surface area contributed by atoms with Gasteiger partial charge in [-0.15, -0.1) is 0 Å². The predicted octanol–water partition coefficient (Wildman–Crippen LogP) is 2.52. The summed E-state index contributed by atoms with van der Waals surface area (Å²) in [6.45, 7) is 5.10. The Morgan fingerprint density at radius 3 is 2.88 bits per heavy atom. The molecule has 1 aromatic heterocycles. The summed E-state index contributed by atoms with van der Waals surface area (Å²) in [5.74, 6) is 1.43. The Labute approximate surface area is 150 Å². The summed E-state index contributed by atoms with van der Waals surface area (Å²) in [5, 5.41) is 6.77. The standard InChI is InChI=1S/C19H30N4O2/c1-2-20-19(21-12-15-9-11-25-14-15)22-17-8-10-23(13-17)18(24)16-6-4-3-5-7-16/h9,11,14,16-17H,2-8,10,12-13H2,1H3,(H2,20,21,22). The minimum absolute atomic E-state index is 0.260. The second-order valence-electron chi connectivity index (χ2n) is 7.08. The molecular weight excluding hydrogens is 316 g/mol. The topological polar surface area (TPSA) is 69.9 Å². The predicted molar refractivity (Wildman–Crippen MR) is 98.2 cm³/mol. The third kappa shape index (κ3) is 5.00. The number of carbonyl (C=O) groups excluding carboxylic acids is 1. The summed E-state index contributed by atoms with van der Waals surface area (Å²) < 4.78 is 5.08. The van der Waals surface area contributed by atoms with Gasteiger partial charge < -0.3 is 20.0 Å². The number of furan rings is 1. The monoisotopic (exact) mass is 346 g/mol. The zero-order chi connectivity index (χ0) is 17.5. The van der Waals surface area contributed by atoms with Crippen LogP contribution in [0, 0.1) is 5.92 Å². The first-order valence-electron chi connectivity index (χ1n) is 9.61. The lowest BCUT2D eigenvalue weighted by atomic mass is 9.88. The van der Waals surface area contributed by atoms with Gasteiger partial charge in [-0.2, -0.15) is 0 Å². The summed E-state index contributed by atoms with van der Waals surface area (Å²) in [6.07, 6.45) is 10.2. The first kappa shape index (κ1) is 17.8. The van der Waals surface area contributed by atoms with Gasteiger partial charge in [0.2, 0.25) is 5.91 Å². The van der Waals surface area contributed by atoms with Gasteiger partial charge in [-0.1, -0.05) is 19.3 Å². The fourth-order valence-electron chi connectivity index (χ4n) is 3.75. The zero-order valence-corrected chi connectivity index (χ0v) is 15.2. The quantitative estimate of drug-likeness (QED) is 0.635. The average Bonchev–Trinajstić information content (AvgIpc) is 3.32. The summed E-state index contributed by atoms with van der Waals surface area (Å²) in [6, 6.07) is 2.20. The van der Waals surface area contributed by atoms with E-state index in [0.717, 1.165) is 50.4 Å². The van der Waals surface area contributed by atoms with Crippen molar-refractivity contribution in [3.63, 3.8) is 0 Å². The van der Waals surface area contributed by atoms with Gasteiger partial charge in [-0.05, 0) is 32.3 Å². The number of hydrogen-bond donors (Lipinski definition) is 2. The van der Waals surface area contributed by atoms with Gasteiger partial charge in [-0.3, -0.25) is 4.79 Å². The Morgan fingerprint density at radius 2 is 2.16 bits per heavy atom. The summed E-state index contributed by atoms with van der Waals surface area (Å²) in [4.78, 5) is 19.3. The number of amides is 1. The fraction of sp³-hybridized carbons (Fsp3) is 0.684. The molecule has 6 nitrogen and oxygen atoms in total. The molecule has 0 radical (unpaired) electrons. The number of rotatable bonds is 5. The van der Waals surface area contributed by atoms with E-state index in [2.05, 4.69) is 22.5 Å². The molecule has 1 aliphatic carbocycles. The van der Waals surface area contributed by atoms with Gasteiger partial charge >= 0.3 is 0 Å². The molecule has 1 unspecified atom stereocenters. The molecule has 3 rings (SSSR count). The molecule has 1 aromatic rings. The Morgan fingerprint density at radius 1 is 1.32 bits per heavy atom. The summed E-state index contributed by atoms with van der Waals surface area (Å²) >= 11 is 0. The van der Waals surface area contributed by atoms with Crippen LogP contribution in [0.3, 0.4) is 0 Å². The van der Waals surface area contributed by atoms with E-state index < -0.39 is 0 Å². The Bertz CT molecular complexity index is 564. The highest BCUT2D eigenvalue weighted by molar-refractivity contribution is 5.81. The van der Waals surface area contributed by atoms with Crippen LogP contribution in [0.1, 0.15) is 51.0 Å². The lowest BCUT2D eigenvalue weighted by Gasteiger charge is -2.26. The van der Waals surface area contributed by atoms with Crippen molar-refractivity contribution in [1.82, 2.24) is 15.5 Å². The van der Waals surface area contributed by atoms with E-state index in [1.165, 1.54) is 19.3 Å². The fourth-order valence-corrected chi connectivity index (χ4v) is 3.75. The maximum Gasteiger partial charge on any atom is 0.225 e. The highest BCUT2D eigenvalue weighted by Crippen LogP contribution is 2.26. The average molecular weight is 346 g/mol. The molecule has 0 aromatic carbocycles. The van der Waals surface area contributed by atoms with Crippen molar-refractivity contribution in [2.24, 2.45) is 10.9 Å². The highest BCUT2D eigenvalue weighted by Gasteiger charge is 2.31. The van der Waals surface area contributed by atoms with Gasteiger partial charge in [0.1, 0.15) is 0 Å². The molecule has 1 saturated heterocycles. The minimum Gasteiger partial charge on any atom is -0.472 e. The van der Waals surface area contributed by atoms with E-state index in [1.807, 2.05) is 11.0 Å². The second kappa shape index (κ2) is 8.92. The molecule has 138 valence electrons. The lowest BCUT2D eigenvalue weighted by Crippen LogP contribution is -2.45.